The van der Waals surface area contributed by atoms with Crippen molar-refractivity contribution in [3.05, 3.63) is 59.7 Å². The average Bonchev–Trinajstić information content (AvgIpc) is 2.52. The number of halogens is 1. The highest BCUT2D eigenvalue weighted by atomic mass is 19.1. The fourth-order valence-electron chi connectivity index (χ4n) is 2.26. The largest absolute Gasteiger partial charge is 0.492 e. The van der Waals surface area contributed by atoms with Gasteiger partial charge in [0.05, 0.1) is 12.8 Å². The molecule has 1 N–H and O–H groups in total. The molecule has 0 aliphatic rings. The summed E-state index contributed by atoms with van der Waals surface area (Å²) >= 11 is 0. The SMILES string of the molecule is CCCOc1cncc(C(O)(CC)c2cccc(F)c2)c1. The minimum absolute atomic E-state index is 0.370. The molecule has 0 radical (unpaired) electrons. The van der Waals surface area contributed by atoms with Crippen molar-refractivity contribution in [2.45, 2.75) is 32.3 Å². The van der Waals surface area contributed by atoms with E-state index in [2.05, 4.69) is 4.98 Å². The molecule has 1 atom stereocenters. The summed E-state index contributed by atoms with van der Waals surface area (Å²) in [5.41, 5.74) is -0.163. The second-order valence-corrected chi connectivity index (χ2v) is 4.98. The number of aliphatic hydroxyl groups is 1. The number of aromatic nitrogens is 1. The summed E-state index contributed by atoms with van der Waals surface area (Å²) in [6, 6.07) is 7.78. The molecule has 2 aromatic rings. The van der Waals surface area contributed by atoms with Gasteiger partial charge in [0, 0.05) is 11.8 Å². The number of pyridine rings is 1. The Balaban J connectivity index is 2.40. The van der Waals surface area contributed by atoms with Crippen molar-refractivity contribution in [1.29, 1.82) is 0 Å². The molecule has 0 bridgehead atoms. The van der Waals surface area contributed by atoms with Gasteiger partial charge in [-0.2, -0.15) is 0 Å². The van der Waals surface area contributed by atoms with Gasteiger partial charge in [0.2, 0.25) is 0 Å². The monoisotopic (exact) mass is 289 g/mol. The quantitative estimate of drug-likeness (QED) is 0.882. The molecule has 0 aliphatic carbocycles. The van der Waals surface area contributed by atoms with Gasteiger partial charge in [-0.1, -0.05) is 26.0 Å². The lowest BCUT2D eigenvalue weighted by Gasteiger charge is -2.28. The molecule has 0 spiro atoms. The van der Waals surface area contributed by atoms with Crippen LogP contribution in [-0.2, 0) is 5.60 Å². The fraction of sp³-hybridized carbons (Fsp3) is 0.353. The third-order valence-corrected chi connectivity index (χ3v) is 3.48. The van der Waals surface area contributed by atoms with Gasteiger partial charge < -0.3 is 9.84 Å². The van der Waals surface area contributed by atoms with Gasteiger partial charge in [-0.15, -0.1) is 0 Å². The summed E-state index contributed by atoms with van der Waals surface area (Å²) in [7, 11) is 0. The number of nitrogens with zero attached hydrogens (tertiary/aromatic N) is 1. The Morgan fingerprint density at radius 3 is 2.67 bits per heavy atom. The first-order valence-corrected chi connectivity index (χ1v) is 7.17. The molecule has 3 nitrogen and oxygen atoms in total. The van der Waals surface area contributed by atoms with E-state index in [9.17, 15) is 9.50 Å². The van der Waals surface area contributed by atoms with Crippen LogP contribution in [0.5, 0.6) is 5.75 Å². The van der Waals surface area contributed by atoms with Gasteiger partial charge in [0.25, 0.3) is 0 Å². The van der Waals surface area contributed by atoms with E-state index in [1.807, 2.05) is 13.8 Å². The van der Waals surface area contributed by atoms with Crippen molar-refractivity contribution >= 4 is 0 Å². The van der Waals surface area contributed by atoms with Crippen molar-refractivity contribution in [1.82, 2.24) is 4.98 Å². The molecule has 112 valence electrons. The molecule has 1 unspecified atom stereocenters. The van der Waals surface area contributed by atoms with Gasteiger partial charge in [-0.3, -0.25) is 4.98 Å². The summed E-state index contributed by atoms with van der Waals surface area (Å²) in [5.74, 6) is 0.239. The van der Waals surface area contributed by atoms with Crippen LogP contribution < -0.4 is 4.74 Å². The molecule has 0 amide bonds. The van der Waals surface area contributed by atoms with Crippen LogP contribution in [0.25, 0.3) is 0 Å². The summed E-state index contributed by atoms with van der Waals surface area (Å²) in [5, 5.41) is 11.0. The van der Waals surface area contributed by atoms with E-state index < -0.39 is 5.60 Å². The predicted octanol–water partition coefficient (Wildman–Crippen LogP) is 3.66. The fourth-order valence-corrected chi connectivity index (χ4v) is 2.26. The smallest absolute Gasteiger partial charge is 0.137 e. The molecule has 1 aromatic carbocycles. The normalized spacial score (nSPS) is 13.7. The second kappa shape index (κ2) is 6.68. The number of rotatable bonds is 6. The number of ether oxygens (including phenoxy) is 1. The molecule has 0 saturated carbocycles. The zero-order valence-corrected chi connectivity index (χ0v) is 12.3. The molecule has 0 aliphatic heterocycles. The third kappa shape index (κ3) is 3.39. The maximum absolute atomic E-state index is 13.4. The lowest BCUT2D eigenvalue weighted by Crippen LogP contribution is -2.26. The van der Waals surface area contributed by atoms with Gasteiger partial charge in [-0.05, 0) is 36.6 Å². The molecule has 0 fully saturated rings. The number of benzene rings is 1. The van der Waals surface area contributed by atoms with E-state index in [-0.39, 0.29) is 5.82 Å². The van der Waals surface area contributed by atoms with Gasteiger partial charge in [0.1, 0.15) is 17.2 Å². The first-order chi connectivity index (χ1) is 10.1. The molecule has 0 saturated heterocycles. The molecule has 4 heteroatoms. The Kier molecular flexibility index (Phi) is 4.91. The zero-order chi connectivity index (χ0) is 15.3. The lowest BCUT2D eigenvalue weighted by molar-refractivity contribution is 0.0754. The first kappa shape index (κ1) is 15.4. The van der Waals surface area contributed by atoms with Crippen LogP contribution in [0, 0.1) is 5.82 Å². The van der Waals surface area contributed by atoms with Crippen molar-refractivity contribution in [3.63, 3.8) is 0 Å². The molecule has 1 heterocycles. The first-order valence-electron chi connectivity index (χ1n) is 7.17. The van der Waals surface area contributed by atoms with Gasteiger partial charge in [-0.25, -0.2) is 4.39 Å². The van der Waals surface area contributed by atoms with Crippen LogP contribution in [0.4, 0.5) is 4.39 Å². The third-order valence-electron chi connectivity index (χ3n) is 3.48. The van der Waals surface area contributed by atoms with Crippen LogP contribution in [0.15, 0.2) is 42.7 Å². The molecule has 21 heavy (non-hydrogen) atoms. The van der Waals surface area contributed by atoms with E-state index in [0.29, 0.717) is 29.9 Å². The summed E-state index contributed by atoms with van der Waals surface area (Å²) in [6.45, 7) is 4.46. The predicted molar refractivity (Wildman–Crippen MR) is 79.7 cm³/mol. The Bertz CT molecular complexity index is 603. The summed E-state index contributed by atoms with van der Waals surface area (Å²) in [4.78, 5) is 4.12. The highest BCUT2D eigenvalue weighted by Gasteiger charge is 2.30. The maximum atomic E-state index is 13.4. The van der Waals surface area contributed by atoms with Crippen LogP contribution in [0.2, 0.25) is 0 Å². The minimum atomic E-state index is -1.28. The van der Waals surface area contributed by atoms with E-state index in [1.54, 1.807) is 30.6 Å². The van der Waals surface area contributed by atoms with E-state index in [4.69, 9.17) is 4.74 Å². The number of hydrogen-bond acceptors (Lipinski definition) is 3. The Morgan fingerprint density at radius 2 is 2.00 bits per heavy atom. The van der Waals surface area contributed by atoms with Crippen LogP contribution in [0.1, 0.15) is 37.8 Å². The van der Waals surface area contributed by atoms with Crippen molar-refractivity contribution in [2.75, 3.05) is 6.61 Å². The van der Waals surface area contributed by atoms with Crippen molar-refractivity contribution < 1.29 is 14.2 Å². The Morgan fingerprint density at radius 1 is 1.19 bits per heavy atom. The minimum Gasteiger partial charge on any atom is -0.492 e. The molecular weight excluding hydrogens is 269 g/mol. The Hall–Kier alpha value is -1.94. The highest BCUT2D eigenvalue weighted by molar-refractivity contribution is 5.37. The summed E-state index contributed by atoms with van der Waals surface area (Å²) in [6.07, 6.45) is 4.51. The maximum Gasteiger partial charge on any atom is 0.137 e. The highest BCUT2D eigenvalue weighted by Crippen LogP contribution is 2.34. The summed E-state index contributed by atoms with van der Waals surface area (Å²) < 4.78 is 19.0. The van der Waals surface area contributed by atoms with E-state index in [1.165, 1.54) is 12.1 Å². The molecule has 2 rings (SSSR count). The molecular formula is C17H20FNO2. The van der Waals surface area contributed by atoms with Gasteiger partial charge in [0.15, 0.2) is 0 Å². The second-order valence-electron chi connectivity index (χ2n) is 4.98. The van der Waals surface area contributed by atoms with E-state index in [0.717, 1.165) is 6.42 Å². The van der Waals surface area contributed by atoms with Crippen LogP contribution in [0.3, 0.4) is 0 Å². The zero-order valence-electron chi connectivity index (χ0n) is 12.3. The molecule has 1 aromatic heterocycles. The topological polar surface area (TPSA) is 42.4 Å². The van der Waals surface area contributed by atoms with Crippen molar-refractivity contribution in [3.8, 4) is 5.75 Å². The van der Waals surface area contributed by atoms with E-state index >= 15 is 0 Å². The number of hydrogen-bond donors (Lipinski definition) is 1. The van der Waals surface area contributed by atoms with Crippen LogP contribution >= 0.6 is 0 Å². The average molecular weight is 289 g/mol. The van der Waals surface area contributed by atoms with Crippen molar-refractivity contribution in [2.24, 2.45) is 0 Å². The van der Waals surface area contributed by atoms with Gasteiger partial charge >= 0.3 is 0 Å². The lowest BCUT2D eigenvalue weighted by atomic mass is 9.85. The standard InChI is InChI=1S/C17H20FNO2/c1-3-8-21-16-10-14(11-19-12-16)17(20,4-2)13-6-5-7-15(18)9-13/h5-7,9-12,20H,3-4,8H2,1-2H3. The Labute approximate surface area is 124 Å². The van der Waals surface area contributed by atoms with Crippen LogP contribution in [-0.4, -0.2) is 16.7 Å².